The maximum atomic E-state index is 12.3. The molecule has 0 N–H and O–H groups in total. The van der Waals surface area contributed by atoms with Crippen LogP contribution in [0.5, 0.6) is 5.88 Å². The zero-order valence-electron chi connectivity index (χ0n) is 12.7. The van der Waals surface area contributed by atoms with Gasteiger partial charge in [0, 0.05) is 24.7 Å². The van der Waals surface area contributed by atoms with E-state index in [0.29, 0.717) is 16.3 Å². The molecule has 0 bridgehead atoms. The van der Waals surface area contributed by atoms with Crippen molar-refractivity contribution in [3.05, 3.63) is 50.1 Å². The molecule has 7 nitrogen and oxygen atoms in total. The summed E-state index contributed by atoms with van der Waals surface area (Å²) in [4.78, 5) is 33.0. The molecule has 23 heavy (non-hydrogen) atoms. The minimum absolute atomic E-state index is 0.0975. The maximum absolute atomic E-state index is 12.3. The van der Waals surface area contributed by atoms with Crippen LogP contribution in [0.3, 0.4) is 0 Å². The highest BCUT2D eigenvalue weighted by Crippen LogP contribution is 2.28. The van der Waals surface area contributed by atoms with E-state index in [0.717, 1.165) is 4.57 Å². The molecule has 3 rings (SSSR count). The standard InChI is InChI=1S/C15H13ClN4O3/c1-19-12-11(14(21)20(2)15(19)22)17-10(13(18-12)23-3)8-4-6-9(16)7-5-8/h4-7H,1-3H3. The van der Waals surface area contributed by atoms with Gasteiger partial charge in [-0.15, -0.1) is 0 Å². The summed E-state index contributed by atoms with van der Waals surface area (Å²) in [5.41, 5.74) is 0.406. The van der Waals surface area contributed by atoms with E-state index in [4.69, 9.17) is 16.3 Å². The van der Waals surface area contributed by atoms with Gasteiger partial charge in [0.2, 0.25) is 5.88 Å². The lowest BCUT2D eigenvalue weighted by Crippen LogP contribution is -2.37. The van der Waals surface area contributed by atoms with E-state index in [1.54, 1.807) is 24.3 Å². The van der Waals surface area contributed by atoms with E-state index in [-0.39, 0.29) is 17.0 Å². The van der Waals surface area contributed by atoms with Crippen LogP contribution in [0.2, 0.25) is 5.02 Å². The Morgan fingerprint density at radius 2 is 1.70 bits per heavy atom. The van der Waals surface area contributed by atoms with Crippen LogP contribution in [0.25, 0.3) is 22.4 Å². The van der Waals surface area contributed by atoms with Crippen molar-refractivity contribution in [2.75, 3.05) is 7.11 Å². The Hall–Kier alpha value is -2.67. The zero-order valence-corrected chi connectivity index (χ0v) is 13.5. The van der Waals surface area contributed by atoms with Crippen LogP contribution in [0.1, 0.15) is 0 Å². The molecular formula is C15H13ClN4O3. The summed E-state index contributed by atoms with van der Waals surface area (Å²) in [6, 6.07) is 6.93. The van der Waals surface area contributed by atoms with Crippen molar-refractivity contribution in [1.29, 1.82) is 0 Å². The van der Waals surface area contributed by atoms with E-state index < -0.39 is 11.2 Å². The summed E-state index contributed by atoms with van der Waals surface area (Å²) in [6.45, 7) is 0. The Balaban J connectivity index is 2.42. The smallest absolute Gasteiger partial charge is 0.332 e. The number of aromatic nitrogens is 4. The molecule has 3 aromatic rings. The largest absolute Gasteiger partial charge is 0.479 e. The second kappa shape index (κ2) is 5.51. The highest BCUT2D eigenvalue weighted by molar-refractivity contribution is 6.30. The molecule has 2 aromatic heterocycles. The fourth-order valence-corrected chi connectivity index (χ4v) is 2.41. The minimum Gasteiger partial charge on any atom is -0.479 e. The lowest BCUT2D eigenvalue weighted by atomic mass is 10.1. The monoisotopic (exact) mass is 332 g/mol. The number of fused-ring (bicyclic) bond motifs is 1. The first-order valence-corrected chi connectivity index (χ1v) is 7.09. The number of hydrogen-bond donors (Lipinski definition) is 0. The highest BCUT2D eigenvalue weighted by atomic mass is 35.5. The van der Waals surface area contributed by atoms with Crippen molar-refractivity contribution in [2.24, 2.45) is 14.1 Å². The summed E-state index contributed by atoms with van der Waals surface area (Å²) in [6.07, 6.45) is 0. The first-order chi connectivity index (χ1) is 10.9. The lowest BCUT2D eigenvalue weighted by molar-refractivity contribution is 0.399. The van der Waals surface area contributed by atoms with Gasteiger partial charge in [0.25, 0.3) is 5.56 Å². The Bertz CT molecular complexity index is 1020. The van der Waals surface area contributed by atoms with Crippen molar-refractivity contribution in [2.45, 2.75) is 0 Å². The number of methoxy groups -OCH3 is 1. The number of rotatable bonds is 2. The molecule has 0 spiro atoms. The second-order valence-electron chi connectivity index (χ2n) is 4.97. The van der Waals surface area contributed by atoms with Gasteiger partial charge < -0.3 is 4.74 Å². The summed E-state index contributed by atoms with van der Waals surface area (Å²) < 4.78 is 7.53. The average molecular weight is 333 g/mol. The predicted molar refractivity (Wildman–Crippen MR) is 87.0 cm³/mol. The molecule has 0 unspecified atom stereocenters. The van der Waals surface area contributed by atoms with Gasteiger partial charge in [0.15, 0.2) is 11.2 Å². The highest BCUT2D eigenvalue weighted by Gasteiger charge is 2.17. The summed E-state index contributed by atoms with van der Waals surface area (Å²) in [5, 5.41) is 0.583. The van der Waals surface area contributed by atoms with Gasteiger partial charge in [-0.25, -0.2) is 9.78 Å². The van der Waals surface area contributed by atoms with Crippen LogP contribution in [0.4, 0.5) is 0 Å². The summed E-state index contributed by atoms with van der Waals surface area (Å²) in [5.74, 6) is 0.225. The van der Waals surface area contributed by atoms with E-state index in [2.05, 4.69) is 9.97 Å². The van der Waals surface area contributed by atoms with Crippen molar-refractivity contribution < 1.29 is 4.74 Å². The molecule has 1 aromatic carbocycles. The Labute approximate surface area is 135 Å². The number of halogens is 1. The average Bonchev–Trinajstić information content (AvgIpc) is 2.57. The molecule has 0 fully saturated rings. The van der Waals surface area contributed by atoms with E-state index in [1.165, 1.54) is 25.8 Å². The molecule has 118 valence electrons. The van der Waals surface area contributed by atoms with Gasteiger partial charge in [-0.2, -0.15) is 4.98 Å². The van der Waals surface area contributed by atoms with E-state index >= 15 is 0 Å². The predicted octanol–water partition coefficient (Wildman–Crippen LogP) is 1.36. The van der Waals surface area contributed by atoms with Crippen molar-refractivity contribution in [1.82, 2.24) is 19.1 Å². The molecule has 0 radical (unpaired) electrons. The Kier molecular flexibility index (Phi) is 3.65. The fraction of sp³-hybridized carbons (Fsp3) is 0.200. The molecule has 0 saturated heterocycles. The molecule has 8 heteroatoms. The van der Waals surface area contributed by atoms with Crippen molar-refractivity contribution >= 4 is 22.8 Å². The first kappa shape index (κ1) is 15.2. The number of benzene rings is 1. The molecular weight excluding hydrogens is 320 g/mol. The number of nitrogens with zero attached hydrogens (tertiary/aromatic N) is 4. The maximum Gasteiger partial charge on any atom is 0.332 e. The van der Waals surface area contributed by atoms with Crippen molar-refractivity contribution in [3.8, 4) is 17.1 Å². The van der Waals surface area contributed by atoms with Gasteiger partial charge in [0.05, 0.1) is 7.11 Å². The normalized spacial score (nSPS) is 11.0. The van der Waals surface area contributed by atoms with Crippen LogP contribution in [-0.2, 0) is 14.1 Å². The first-order valence-electron chi connectivity index (χ1n) is 6.71. The SMILES string of the molecule is COc1nc2c(nc1-c1ccc(Cl)cc1)c(=O)n(C)c(=O)n2C. The summed E-state index contributed by atoms with van der Waals surface area (Å²) >= 11 is 5.89. The molecule has 0 aliphatic rings. The third kappa shape index (κ3) is 2.39. The van der Waals surface area contributed by atoms with Crippen LogP contribution in [0, 0.1) is 0 Å². The van der Waals surface area contributed by atoms with Gasteiger partial charge in [0.1, 0.15) is 5.69 Å². The molecule has 0 amide bonds. The number of aryl methyl sites for hydroxylation is 1. The van der Waals surface area contributed by atoms with Crippen LogP contribution in [0.15, 0.2) is 33.9 Å². The minimum atomic E-state index is -0.506. The van der Waals surface area contributed by atoms with Crippen LogP contribution in [-0.4, -0.2) is 26.2 Å². The molecule has 0 saturated carbocycles. The zero-order chi connectivity index (χ0) is 16.7. The number of hydrogen-bond acceptors (Lipinski definition) is 5. The number of ether oxygens (including phenoxy) is 1. The molecule has 2 heterocycles. The molecule has 0 aliphatic carbocycles. The summed E-state index contributed by atoms with van der Waals surface area (Å²) in [7, 11) is 4.38. The van der Waals surface area contributed by atoms with Gasteiger partial charge in [-0.3, -0.25) is 13.9 Å². The topological polar surface area (TPSA) is 79.0 Å². The van der Waals surface area contributed by atoms with E-state index in [9.17, 15) is 9.59 Å². The Morgan fingerprint density at radius 3 is 2.30 bits per heavy atom. The fourth-order valence-electron chi connectivity index (χ4n) is 2.29. The van der Waals surface area contributed by atoms with Crippen molar-refractivity contribution in [3.63, 3.8) is 0 Å². The quantitative estimate of drug-likeness (QED) is 0.708. The third-order valence-electron chi connectivity index (χ3n) is 3.56. The van der Waals surface area contributed by atoms with Crippen LogP contribution >= 0.6 is 11.6 Å². The Morgan fingerprint density at radius 1 is 1.04 bits per heavy atom. The van der Waals surface area contributed by atoms with Gasteiger partial charge >= 0.3 is 5.69 Å². The van der Waals surface area contributed by atoms with Gasteiger partial charge in [-0.05, 0) is 12.1 Å². The lowest BCUT2D eigenvalue weighted by Gasteiger charge is -2.11. The van der Waals surface area contributed by atoms with Gasteiger partial charge in [-0.1, -0.05) is 23.7 Å². The molecule has 0 atom stereocenters. The molecule has 0 aliphatic heterocycles. The second-order valence-corrected chi connectivity index (χ2v) is 5.40. The van der Waals surface area contributed by atoms with Crippen LogP contribution < -0.4 is 16.0 Å². The third-order valence-corrected chi connectivity index (χ3v) is 3.81. The van der Waals surface area contributed by atoms with E-state index in [1.807, 2.05) is 0 Å².